The van der Waals surface area contributed by atoms with Gasteiger partial charge < -0.3 is 14.2 Å². The second kappa shape index (κ2) is 63.1. The molecule has 0 aliphatic rings. The Morgan fingerprint density at radius 1 is 0.267 bits per heavy atom. The van der Waals surface area contributed by atoms with E-state index in [4.69, 9.17) is 14.2 Å². The van der Waals surface area contributed by atoms with Gasteiger partial charge in [-0.3, -0.25) is 14.4 Å². The fourth-order valence-corrected chi connectivity index (χ4v) is 8.97. The molecule has 0 heterocycles. The van der Waals surface area contributed by atoms with Gasteiger partial charge in [0.2, 0.25) is 0 Å². The van der Waals surface area contributed by atoms with Gasteiger partial charge >= 0.3 is 17.9 Å². The predicted octanol–water partition coefficient (Wildman–Crippen LogP) is 21.9. The zero-order valence-electron chi connectivity index (χ0n) is 49.6. The van der Waals surface area contributed by atoms with Gasteiger partial charge in [0.1, 0.15) is 13.2 Å². The number of hydrogen-bond donors (Lipinski definition) is 0. The van der Waals surface area contributed by atoms with Crippen LogP contribution in [-0.2, 0) is 28.6 Å². The van der Waals surface area contributed by atoms with Crippen molar-refractivity contribution in [2.45, 2.75) is 322 Å². The zero-order valence-corrected chi connectivity index (χ0v) is 49.6. The van der Waals surface area contributed by atoms with Crippen molar-refractivity contribution in [1.29, 1.82) is 0 Å². The zero-order chi connectivity index (χ0) is 54.3. The van der Waals surface area contributed by atoms with Gasteiger partial charge in [-0.2, -0.15) is 0 Å². The fraction of sp³-hybridized carbons (Fsp3) is 0.754. The van der Waals surface area contributed by atoms with Crippen molar-refractivity contribution in [1.82, 2.24) is 0 Å². The lowest BCUT2D eigenvalue weighted by Gasteiger charge is -2.18. The molecule has 6 nitrogen and oxygen atoms in total. The number of hydrogen-bond acceptors (Lipinski definition) is 6. The maximum atomic E-state index is 12.9. The van der Waals surface area contributed by atoms with Crippen LogP contribution in [0.25, 0.3) is 0 Å². The second-order valence-corrected chi connectivity index (χ2v) is 21.3. The molecule has 0 bridgehead atoms. The molecule has 0 saturated heterocycles. The molecule has 0 amide bonds. The minimum atomic E-state index is -0.792. The average molecular weight is 1050 g/mol. The van der Waals surface area contributed by atoms with E-state index in [1.807, 2.05) is 0 Å². The Hall–Kier alpha value is -3.41. The first-order chi connectivity index (χ1) is 37.0. The summed E-state index contributed by atoms with van der Waals surface area (Å²) in [4.78, 5) is 38.3. The second-order valence-electron chi connectivity index (χ2n) is 21.3. The van der Waals surface area contributed by atoms with E-state index in [1.165, 1.54) is 154 Å². The van der Waals surface area contributed by atoms with E-state index in [1.54, 1.807) is 0 Å². The average Bonchev–Trinajstić information content (AvgIpc) is 3.41. The minimum absolute atomic E-state index is 0.0869. The molecule has 0 spiro atoms. The van der Waals surface area contributed by atoms with Crippen LogP contribution in [0.1, 0.15) is 316 Å². The first-order valence-electron chi connectivity index (χ1n) is 32.1. The summed E-state index contributed by atoms with van der Waals surface area (Å²) in [6.07, 6.45) is 83.0. The Kier molecular flexibility index (Phi) is 60.3. The summed E-state index contributed by atoms with van der Waals surface area (Å²) < 4.78 is 16.9. The third kappa shape index (κ3) is 61.3. The molecule has 0 rings (SSSR count). The monoisotopic (exact) mass is 1040 g/mol. The summed E-state index contributed by atoms with van der Waals surface area (Å²) in [5.41, 5.74) is 0. The van der Waals surface area contributed by atoms with Crippen molar-refractivity contribution >= 4 is 17.9 Å². The first-order valence-corrected chi connectivity index (χ1v) is 32.1. The van der Waals surface area contributed by atoms with Gasteiger partial charge in [0, 0.05) is 19.3 Å². The maximum absolute atomic E-state index is 12.9. The van der Waals surface area contributed by atoms with E-state index < -0.39 is 6.10 Å². The molecule has 0 aliphatic carbocycles. The van der Waals surface area contributed by atoms with Crippen LogP contribution in [0.2, 0.25) is 0 Å². The molecule has 0 aromatic heterocycles. The van der Waals surface area contributed by atoms with Crippen LogP contribution in [0.5, 0.6) is 0 Å². The topological polar surface area (TPSA) is 78.9 Å². The van der Waals surface area contributed by atoms with E-state index in [9.17, 15) is 14.4 Å². The van der Waals surface area contributed by atoms with E-state index >= 15 is 0 Å². The maximum Gasteiger partial charge on any atom is 0.306 e. The number of ether oxygens (including phenoxy) is 3. The molecule has 0 aromatic rings. The number of unbranched alkanes of at least 4 members (excludes halogenated alkanes) is 33. The summed E-state index contributed by atoms with van der Waals surface area (Å²) in [7, 11) is 0. The number of esters is 3. The molecule has 1 unspecified atom stereocenters. The molecule has 0 N–H and O–H groups in total. The lowest BCUT2D eigenvalue weighted by molar-refractivity contribution is -0.167. The fourth-order valence-electron chi connectivity index (χ4n) is 8.97. The smallest absolute Gasteiger partial charge is 0.306 e. The van der Waals surface area contributed by atoms with E-state index in [0.717, 1.165) is 122 Å². The lowest BCUT2D eigenvalue weighted by atomic mass is 10.0. The third-order valence-corrected chi connectivity index (χ3v) is 13.8. The van der Waals surface area contributed by atoms with Crippen molar-refractivity contribution in [2.24, 2.45) is 0 Å². The first kappa shape index (κ1) is 71.6. The summed E-state index contributed by atoms with van der Waals surface area (Å²) in [6, 6.07) is 0. The van der Waals surface area contributed by atoms with Crippen molar-refractivity contribution in [3.63, 3.8) is 0 Å². The lowest BCUT2D eigenvalue weighted by Crippen LogP contribution is -2.30. The molecule has 1 atom stereocenters. The molecule has 6 heteroatoms. The van der Waals surface area contributed by atoms with Crippen LogP contribution in [0, 0.1) is 0 Å². The van der Waals surface area contributed by atoms with Crippen LogP contribution < -0.4 is 0 Å². The largest absolute Gasteiger partial charge is 0.462 e. The molecule has 0 fully saturated rings. The molecule has 432 valence electrons. The van der Waals surface area contributed by atoms with Gasteiger partial charge in [0.05, 0.1) is 0 Å². The van der Waals surface area contributed by atoms with Crippen molar-refractivity contribution < 1.29 is 28.6 Å². The highest BCUT2D eigenvalue weighted by molar-refractivity contribution is 5.71. The minimum Gasteiger partial charge on any atom is -0.462 e. The van der Waals surface area contributed by atoms with E-state index in [0.29, 0.717) is 19.3 Å². The van der Waals surface area contributed by atoms with Gasteiger partial charge in [-0.05, 0) is 116 Å². The van der Waals surface area contributed by atoms with Gasteiger partial charge in [0.15, 0.2) is 6.10 Å². The highest BCUT2D eigenvalue weighted by Gasteiger charge is 2.19. The standard InChI is InChI=1S/C69H120O6/c1-4-7-10-13-16-19-22-25-28-30-31-32-33-34-35-36-37-38-39-40-42-44-47-50-53-56-59-62-68(71)74-65-66(64-73-67(70)61-58-55-52-49-46-43-27-24-21-18-15-12-9-6-3)75-69(72)63-60-57-54-51-48-45-41-29-26-23-20-17-14-11-8-5-2/h15,18,20,22-25,27,29-31,33-34,41,66H,4-14,16-17,19,21,26,28,32,35-40,42-65H2,1-3H3/b18-15-,23-20-,25-22-,27-24-,31-30-,34-33-,41-29-. The number of carbonyl (C=O) groups is 3. The molecule has 0 aliphatic heterocycles. The summed E-state index contributed by atoms with van der Waals surface area (Å²) in [5, 5.41) is 0. The number of rotatable bonds is 58. The molecule has 0 aromatic carbocycles. The van der Waals surface area contributed by atoms with Gasteiger partial charge in [-0.1, -0.05) is 266 Å². The third-order valence-electron chi connectivity index (χ3n) is 13.8. The molecule has 75 heavy (non-hydrogen) atoms. The van der Waals surface area contributed by atoms with Crippen LogP contribution in [0.4, 0.5) is 0 Å². The Morgan fingerprint density at radius 3 is 0.800 bits per heavy atom. The highest BCUT2D eigenvalue weighted by Crippen LogP contribution is 2.16. The van der Waals surface area contributed by atoms with Crippen LogP contribution in [-0.4, -0.2) is 37.2 Å². The summed E-state index contributed by atoms with van der Waals surface area (Å²) >= 11 is 0. The summed E-state index contributed by atoms with van der Waals surface area (Å²) in [5.74, 6) is -0.907. The molecular formula is C69H120O6. The van der Waals surface area contributed by atoms with Crippen molar-refractivity contribution in [3.8, 4) is 0 Å². The molecule has 0 radical (unpaired) electrons. The van der Waals surface area contributed by atoms with E-state index in [2.05, 4.69) is 106 Å². The Bertz CT molecular complexity index is 1430. The SMILES string of the molecule is CCCC/C=C\C/C=C\CCCCCCCC(=O)OCC(COC(=O)CCCCCCCCCCCCCC/C=C\C/C=C\C/C=C\CCCCCCC)OC(=O)CCCCCCC/C=C\C/C=C\CCCCCC. The number of allylic oxidation sites excluding steroid dienone is 14. The molecular weight excluding hydrogens is 925 g/mol. The van der Waals surface area contributed by atoms with Gasteiger partial charge in [-0.25, -0.2) is 0 Å². The summed E-state index contributed by atoms with van der Waals surface area (Å²) in [6.45, 7) is 6.57. The van der Waals surface area contributed by atoms with Gasteiger partial charge in [0.25, 0.3) is 0 Å². The highest BCUT2D eigenvalue weighted by atomic mass is 16.6. The Labute approximate surface area is 465 Å². The van der Waals surface area contributed by atoms with E-state index in [-0.39, 0.29) is 31.1 Å². The van der Waals surface area contributed by atoms with Crippen LogP contribution in [0.3, 0.4) is 0 Å². The molecule has 0 saturated carbocycles. The van der Waals surface area contributed by atoms with Crippen molar-refractivity contribution in [2.75, 3.05) is 13.2 Å². The Morgan fingerprint density at radius 2 is 0.493 bits per heavy atom. The normalized spacial score (nSPS) is 12.6. The Balaban J connectivity index is 4.30. The van der Waals surface area contributed by atoms with Crippen LogP contribution >= 0.6 is 0 Å². The van der Waals surface area contributed by atoms with Gasteiger partial charge in [-0.15, -0.1) is 0 Å². The number of carbonyl (C=O) groups excluding carboxylic acids is 3. The van der Waals surface area contributed by atoms with Crippen LogP contribution in [0.15, 0.2) is 85.1 Å². The van der Waals surface area contributed by atoms with Crippen molar-refractivity contribution in [3.05, 3.63) is 85.1 Å². The predicted molar refractivity (Wildman–Crippen MR) is 325 cm³/mol. The quantitative estimate of drug-likeness (QED) is 0.0261.